The Labute approximate surface area is 272 Å². The minimum Gasteiger partial charge on any atom is -0.454 e. The molecule has 4 aromatic rings. The topological polar surface area (TPSA) is 164 Å². The lowest BCUT2D eigenvalue weighted by Crippen LogP contribution is -2.37. The van der Waals surface area contributed by atoms with Crippen molar-refractivity contribution in [2.75, 3.05) is 29.5 Å². The second-order valence-electron chi connectivity index (χ2n) is 10.5. The first kappa shape index (κ1) is 33.4. The molecule has 0 spiro atoms. The summed E-state index contributed by atoms with van der Waals surface area (Å²) in [5.74, 6) is -2.08. The number of carbonyl (C=O) groups excluding carboxylic acids is 2. The van der Waals surface area contributed by atoms with E-state index in [0.29, 0.717) is 29.1 Å². The lowest BCUT2D eigenvalue weighted by molar-refractivity contribution is -0.154. The van der Waals surface area contributed by atoms with Gasteiger partial charge in [0.25, 0.3) is 11.8 Å². The van der Waals surface area contributed by atoms with Gasteiger partial charge in [-0.05, 0) is 66.9 Å². The third kappa shape index (κ3) is 9.52. The standard InChI is InChI=1S/C30H27ClF3N7O5S/c31-22-10-8-21(9-11-22)29(14-15-29)40-27-37-26(38-28(39-27)46-18-30(32,33)34)36-23-12-6-20(7-13-23)25(43)41-47(44,45)17-16-35-24(42)19-4-2-1-3-5-19/h1-13H,14-18H2,(H,35,42)(H,41,43)(H2,36,37,38,39,40). The van der Waals surface area contributed by atoms with E-state index in [2.05, 4.69) is 30.9 Å². The summed E-state index contributed by atoms with van der Waals surface area (Å²) < 4.78 is 70.2. The zero-order chi connectivity index (χ0) is 33.7. The highest BCUT2D eigenvalue weighted by molar-refractivity contribution is 7.90. The molecule has 1 aliphatic carbocycles. The van der Waals surface area contributed by atoms with Crippen LogP contribution in [0.2, 0.25) is 5.02 Å². The summed E-state index contributed by atoms with van der Waals surface area (Å²) in [7, 11) is -4.09. The average Bonchev–Trinajstić information content (AvgIpc) is 3.80. The first-order valence-corrected chi connectivity index (χ1v) is 16.1. The van der Waals surface area contributed by atoms with Crippen molar-refractivity contribution in [1.82, 2.24) is 25.0 Å². The Bertz CT molecular complexity index is 1840. The van der Waals surface area contributed by atoms with Gasteiger partial charge in [-0.15, -0.1) is 0 Å². The van der Waals surface area contributed by atoms with Crippen LogP contribution in [0.1, 0.15) is 39.1 Å². The van der Waals surface area contributed by atoms with Crippen LogP contribution in [-0.2, 0) is 15.6 Å². The molecule has 0 atom stereocenters. The van der Waals surface area contributed by atoms with E-state index in [1.807, 2.05) is 16.9 Å². The van der Waals surface area contributed by atoms with E-state index in [9.17, 15) is 31.2 Å². The van der Waals surface area contributed by atoms with Gasteiger partial charge >= 0.3 is 12.2 Å². The van der Waals surface area contributed by atoms with E-state index in [4.69, 9.17) is 16.3 Å². The predicted octanol–water partition coefficient (Wildman–Crippen LogP) is 4.80. The van der Waals surface area contributed by atoms with Gasteiger partial charge < -0.3 is 20.7 Å². The highest BCUT2D eigenvalue weighted by Crippen LogP contribution is 2.48. The second kappa shape index (κ2) is 13.8. The van der Waals surface area contributed by atoms with Gasteiger partial charge in [-0.2, -0.15) is 28.1 Å². The van der Waals surface area contributed by atoms with Crippen molar-refractivity contribution in [1.29, 1.82) is 0 Å². The third-order valence-corrected chi connectivity index (χ3v) is 8.31. The summed E-state index contributed by atoms with van der Waals surface area (Å²) in [4.78, 5) is 36.9. The van der Waals surface area contributed by atoms with Crippen LogP contribution in [0.4, 0.5) is 30.8 Å². The fraction of sp³-hybridized carbons (Fsp3) is 0.233. The van der Waals surface area contributed by atoms with E-state index >= 15 is 0 Å². The molecule has 0 saturated heterocycles. The Morgan fingerprint density at radius 3 is 2.13 bits per heavy atom. The number of nitrogens with zero attached hydrogens (tertiary/aromatic N) is 3. The molecule has 17 heteroatoms. The van der Waals surface area contributed by atoms with E-state index in [0.717, 1.165) is 5.56 Å². The van der Waals surface area contributed by atoms with Gasteiger partial charge in [0.05, 0.1) is 11.3 Å². The van der Waals surface area contributed by atoms with Gasteiger partial charge in [0.1, 0.15) is 0 Å². The van der Waals surface area contributed by atoms with Crippen LogP contribution >= 0.6 is 11.6 Å². The van der Waals surface area contributed by atoms with Crippen molar-refractivity contribution in [3.8, 4) is 6.01 Å². The first-order valence-electron chi connectivity index (χ1n) is 14.0. The molecule has 0 unspecified atom stereocenters. The number of halogens is 4. The number of nitrogens with one attached hydrogen (secondary N) is 4. The number of ether oxygens (including phenoxy) is 1. The average molecular weight is 690 g/mol. The van der Waals surface area contributed by atoms with Crippen molar-refractivity contribution >= 4 is 51.0 Å². The SMILES string of the molecule is O=C(NCCS(=O)(=O)NC(=O)c1ccc(Nc2nc(NC3(c4ccc(Cl)cc4)CC3)nc(OCC(F)(F)F)n2)cc1)c1ccccc1. The van der Waals surface area contributed by atoms with Crippen LogP contribution in [0.3, 0.4) is 0 Å². The number of carbonyl (C=O) groups is 2. The maximum absolute atomic E-state index is 12.9. The van der Waals surface area contributed by atoms with E-state index in [1.54, 1.807) is 42.5 Å². The quantitative estimate of drug-likeness (QED) is 0.153. The van der Waals surface area contributed by atoms with Crippen LogP contribution in [0, 0.1) is 0 Å². The zero-order valence-electron chi connectivity index (χ0n) is 24.3. The minimum atomic E-state index is -4.63. The molecule has 1 saturated carbocycles. The van der Waals surface area contributed by atoms with Gasteiger partial charge in [0.15, 0.2) is 6.61 Å². The molecule has 0 bridgehead atoms. The Kier molecular flexibility index (Phi) is 9.81. The molecule has 5 rings (SSSR count). The van der Waals surface area contributed by atoms with Gasteiger partial charge in [0.2, 0.25) is 21.9 Å². The van der Waals surface area contributed by atoms with Crippen LogP contribution in [0.5, 0.6) is 6.01 Å². The molecule has 1 fully saturated rings. The maximum atomic E-state index is 12.9. The van der Waals surface area contributed by atoms with E-state index < -0.39 is 51.9 Å². The van der Waals surface area contributed by atoms with Crippen molar-refractivity contribution in [3.05, 3.63) is 101 Å². The summed E-state index contributed by atoms with van der Waals surface area (Å²) in [5.41, 5.74) is 1.03. The van der Waals surface area contributed by atoms with E-state index in [1.165, 1.54) is 24.3 Å². The van der Waals surface area contributed by atoms with Crippen LogP contribution in [-0.4, -0.2) is 60.3 Å². The summed E-state index contributed by atoms with van der Waals surface area (Å²) >= 11 is 6.00. The highest BCUT2D eigenvalue weighted by Gasteiger charge is 2.45. The maximum Gasteiger partial charge on any atom is 0.422 e. The summed E-state index contributed by atoms with van der Waals surface area (Å²) in [6.07, 6.45) is -3.21. The summed E-state index contributed by atoms with van der Waals surface area (Å²) in [6.45, 7) is -1.85. The fourth-order valence-corrected chi connectivity index (χ4v) is 5.35. The molecule has 47 heavy (non-hydrogen) atoms. The number of aromatic nitrogens is 3. The smallest absolute Gasteiger partial charge is 0.422 e. The van der Waals surface area contributed by atoms with Gasteiger partial charge in [0, 0.05) is 28.4 Å². The Morgan fingerprint density at radius 1 is 0.851 bits per heavy atom. The van der Waals surface area contributed by atoms with E-state index in [-0.39, 0.29) is 24.0 Å². The molecule has 0 aliphatic heterocycles. The molecule has 1 heterocycles. The molecular weight excluding hydrogens is 663 g/mol. The van der Waals surface area contributed by atoms with Gasteiger partial charge in [-0.1, -0.05) is 41.9 Å². The monoisotopic (exact) mass is 689 g/mol. The number of anilines is 3. The van der Waals surface area contributed by atoms with Crippen molar-refractivity contribution in [2.24, 2.45) is 0 Å². The van der Waals surface area contributed by atoms with Crippen LogP contribution in [0.15, 0.2) is 78.9 Å². The number of hydrogen-bond donors (Lipinski definition) is 4. The number of benzene rings is 3. The fourth-order valence-electron chi connectivity index (χ4n) is 4.35. The number of sulfonamides is 1. The zero-order valence-corrected chi connectivity index (χ0v) is 25.9. The molecule has 3 aromatic carbocycles. The van der Waals surface area contributed by atoms with Crippen molar-refractivity contribution in [3.63, 3.8) is 0 Å². The Morgan fingerprint density at radius 2 is 1.49 bits per heavy atom. The molecule has 246 valence electrons. The van der Waals surface area contributed by atoms with Crippen molar-refractivity contribution in [2.45, 2.75) is 24.6 Å². The molecular formula is C30H27ClF3N7O5S. The number of amides is 2. The molecule has 12 nitrogen and oxygen atoms in total. The third-order valence-electron chi connectivity index (χ3n) is 6.82. The van der Waals surface area contributed by atoms with Gasteiger partial charge in [-0.25, -0.2) is 13.1 Å². The lowest BCUT2D eigenvalue weighted by Gasteiger charge is -2.19. The Balaban J connectivity index is 1.23. The van der Waals surface area contributed by atoms with Crippen molar-refractivity contribution < 1.29 is 35.9 Å². The Hall–Kier alpha value is -4.96. The molecule has 1 aromatic heterocycles. The molecule has 1 aliphatic rings. The number of hydrogen-bond acceptors (Lipinski definition) is 10. The minimum absolute atomic E-state index is 0.00159. The molecule has 0 radical (unpaired) electrons. The van der Waals surface area contributed by atoms with Crippen LogP contribution in [0.25, 0.3) is 0 Å². The van der Waals surface area contributed by atoms with Crippen LogP contribution < -0.4 is 25.4 Å². The molecule has 4 N–H and O–H groups in total. The summed E-state index contributed by atoms with van der Waals surface area (Å²) in [6, 6.07) is 20.3. The second-order valence-corrected chi connectivity index (χ2v) is 12.7. The first-order chi connectivity index (χ1) is 22.3. The number of alkyl halides is 3. The summed E-state index contributed by atoms with van der Waals surface area (Å²) in [5, 5.41) is 9.02. The predicted molar refractivity (Wildman–Crippen MR) is 167 cm³/mol. The number of rotatable bonds is 13. The highest BCUT2D eigenvalue weighted by atomic mass is 35.5. The largest absolute Gasteiger partial charge is 0.454 e. The lowest BCUT2D eigenvalue weighted by atomic mass is 10.1. The van der Waals surface area contributed by atoms with Gasteiger partial charge in [-0.3, -0.25) is 9.59 Å². The normalized spacial score (nSPS) is 13.7. The molecule has 2 amide bonds.